The number of benzene rings is 1. The number of carbonyl (C=O) groups excluding carboxylic acids is 3. The number of fused-ring (bicyclic) bond motifs is 1. The van der Waals surface area contributed by atoms with E-state index in [9.17, 15) is 14.4 Å². The molecule has 0 spiro atoms. The lowest BCUT2D eigenvalue weighted by molar-refractivity contribution is -0.121. The van der Waals surface area contributed by atoms with Crippen LogP contribution < -0.4 is 15.5 Å². The third kappa shape index (κ3) is 2.49. The number of nitrogens with zero attached hydrogens (tertiary/aromatic N) is 1. The number of para-hydroxylation sites is 1. The van der Waals surface area contributed by atoms with Crippen LogP contribution in [-0.2, 0) is 9.59 Å². The smallest absolute Gasteiger partial charge is 0.322 e. The van der Waals surface area contributed by atoms with E-state index in [1.54, 1.807) is 4.90 Å². The summed E-state index contributed by atoms with van der Waals surface area (Å²) in [7, 11) is 0. The van der Waals surface area contributed by atoms with Gasteiger partial charge in [-0.25, -0.2) is 4.79 Å². The summed E-state index contributed by atoms with van der Waals surface area (Å²) in [6.45, 7) is 2.76. The summed E-state index contributed by atoms with van der Waals surface area (Å²) in [5, 5.41) is 4.68. The fraction of sp³-hybridized carbons (Fsp3) is 0.400. The maximum atomic E-state index is 12.4. The highest BCUT2D eigenvalue weighted by Crippen LogP contribution is 2.36. The molecule has 2 heterocycles. The van der Waals surface area contributed by atoms with Crippen molar-refractivity contribution in [1.82, 2.24) is 10.6 Å². The van der Waals surface area contributed by atoms with E-state index in [2.05, 4.69) is 17.6 Å². The summed E-state index contributed by atoms with van der Waals surface area (Å²) >= 11 is 0. The molecule has 0 aromatic heterocycles. The quantitative estimate of drug-likeness (QED) is 0.818. The molecular weight excluding hydrogens is 270 g/mol. The first-order chi connectivity index (χ1) is 10.1. The van der Waals surface area contributed by atoms with Gasteiger partial charge in [-0.2, -0.15) is 0 Å². The summed E-state index contributed by atoms with van der Waals surface area (Å²) in [5.41, 5.74) is 2.13. The van der Waals surface area contributed by atoms with Gasteiger partial charge >= 0.3 is 6.03 Å². The fourth-order valence-electron chi connectivity index (χ4n) is 2.92. The van der Waals surface area contributed by atoms with Crippen molar-refractivity contribution in [3.8, 4) is 0 Å². The molecule has 1 aromatic rings. The minimum Gasteiger partial charge on any atom is -0.326 e. The maximum absolute atomic E-state index is 12.4. The molecule has 2 atom stereocenters. The van der Waals surface area contributed by atoms with Gasteiger partial charge in [-0.15, -0.1) is 0 Å². The van der Waals surface area contributed by atoms with Gasteiger partial charge in [0.15, 0.2) is 0 Å². The lowest BCUT2D eigenvalue weighted by atomic mass is 10.0. The summed E-state index contributed by atoms with van der Waals surface area (Å²) < 4.78 is 0. The third-order valence-electron chi connectivity index (χ3n) is 4.02. The third-order valence-corrected chi connectivity index (χ3v) is 4.02. The number of rotatable bonds is 3. The normalized spacial score (nSPS) is 23.8. The molecule has 0 radical (unpaired) electrons. The Kier molecular flexibility index (Phi) is 3.37. The average Bonchev–Trinajstić information content (AvgIpc) is 2.97. The van der Waals surface area contributed by atoms with Crippen LogP contribution in [-0.4, -0.2) is 30.4 Å². The Bertz CT molecular complexity index is 614. The van der Waals surface area contributed by atoms with Crippen molar-refractivity contribution in [3.63, 3.8) is 0 Å². The Morgan fingerprint density at radius 3 is 2.81 bits per heavy atom. The molecule has 2 N–H and O–H groups in total. The van der Waals surface area contributed by atoms with E-state index < -0.39 is 12.1 Å². The van der Waals surface area contributed by atoms with E-state index >= 15 is 0 Å². The average molecular weight is 287 g/mol. The molecule has 110 valence electrons. The zero-order chi connectivity index (χ0) is 15.0. The van der Waals surface area contributed by atoms with Crippen LogP contribution in [0.4, 0.5) is 10.5 Å². The number of nitrogens with one attached hydrogen (secondary N) is 2. The van der Waals surface area contributed by atoms with Gasteiger partial charge in [-0.1, -0.05) is 25.1 Å². The molecule has 1 fully saturated rings. The molecule has 1 saturated heterocycles. The predicted molar refractivity (Wildman–Crippen MR) is 76.9 cm³/mol. The van der Waals surface area contributed by atoms with E-state index in [1.165, 1.54) is 5.56 Å². The van der Waals surface area contributed by atoms with Gasteiger partial charge in [-0.05, 0) is 18.1 Å². The van der Waals surface area contributed by atoms with Gasteiger partial charge in [0.05, 0.1) is 0 Å². The summed E-state index contributed by atoms with van der Waals surface area (Å²) in [5.74, 6) is -0.0524. The topological polar surface area (TPSA) is 78.5 Å². The minimum absolute atomic E-state index is 0.0132. The molecule has 1 aromatic carbocycles. The highest BCUT2D eigenvalue weighted by atomic mass is 16.2. The Morgan fingerprint density at radius 1 is 1.33 bits per heavy atom. The van der Waals surface area contributed by atoms with E-state index in [0.29, 0.717) is 18.9 Å². The first-order valence-corrected chi connectivity index (χ1v) is 7.07. The van der Waals surface area contributed by atoms with Gasteiger partial charge < -0.3 is 10.2 Å². The summed E-state index contributed by atoms with van der Waals surface area (Å²) in [6.07, 6.45) is 0.558. The molecule has 2 aliphatic rings. The van der Waals surface area contributed by atoms with Crippen molar-refractivity contribution in [2.24, 2.45) is 0 Å². The maximum Gasteiger partial charge on any atom is 0.322 e. The zero-order valence-corrected chi connectivity index (χ0v) is 11.8. The van der Waals surface area contributed by atoms with E-state index in [4.69, 9.17) is 0 Å². The Morgan fingerprint density at radius 2 is 2.10 bits per heavy atom. The number of imide groups is 1. The van der Waals surface area contributed by atoms with E-state index in [-0.39, 0.29) is 18.2 Å². The summed E-state index contributed by atoms with van der Waals surface area (Å²) in [4.78, 5) is 36.6. The second kappa shape index (κ2) is 5.20. The lowest BCUT2D eigenvalue weighted by Crippen LogP contribution is -2.34. The number of carbonyl (C=O) groups is 3. The summed E-state index contributed by atoms with van der Waals surface area (Å²) in [6, 6.07) is 6.79. The second-order valence-corrected chi connectivity index (χ2v) is 5.52. The van der Waals surface area contributed by atoms with Crippen molar-refractivity contribution in [2.75, 3.05) is 11.4 Å². The molecule has 0 saturated carbocycles. The van der Waals surface area contributed by atoms with Gasteiger partial charge in [0.25, 0.3) is 5.91 Å². The molecule has 6 heteroatoms. The lowest BCUT2D eigenvalue weighted by Gasteiger charge is -2.18. The van der Waals surface area contributed by atoms with Crippen molar-refractivity contribution in [1.29, 1.82) is 0 Å². The number of amides is 4. The largest absolute Gasteiger partial charge is 0.326 e. The zero-order valence-electron chi connectivity index (χ0n) is 11.8. The Hall–Kier alpha value is -2.37. The molecule has 6 nitrogen and oxygen atoms in total. The van der Waals surface area contributed by atoms with Gasteiger partial charge in [0.2, 0.25) is 5.91 Å². The van der Waals surface area contributed by atoms with Crippen LogP contribution in [0.25, 0.3) is 0 Å². The van der Waals surface area contributed by atoms with E-state index in [1.807, 2.05) is 24.3 Å². The van der Waals surface area contributed by atoms with Gasteiger partial charge in [0, 0.05) is 24.6 Å². The predicted octanol–water partition coefficient (Wildman–Crippen LogP) is 1.12. The molecular formula is C15H17N3O3. The Labute approximate surface area is 122 Å². The Balaban J connectivity index is 1.65. The van der Waals surface area contributed by atoms with Crippen molar-refractivity contribution >= 4 is 23.5 Å². The standard InChI is InChI=1S/C15H17N3O3/c1-9-8-18(12-5-3-2-4-10(9)12)13(19)7-6-11-14(20)17-15(21)16-11/h2-5,9,11H,6-8H2,1H3,(H2,16,17,20,21)/t9-,11-/m0/s1. The molecule has 3 rings (SSSR count). The first kappa shape index (κ1) is 13.6. The second-order valence-electron chi connectivity index (χ2n) is 5.52. The van der Waals surface area contributed by atoms with Gasteiger partial charge in [0.1, 0.15) is 6.04 Å². The number of urea groups is 1. The number of anilines is 1. The van der Waals surface area contributed by atoms with Crippen molar-refractivity contribution < 1.29 is 14.4 Å². The van der Waals surface area contributed by atoms with Crippen molar-refractivity contribution in [2.45, 2.75) is 31.7 Å². The number of hydrogen-bond donors (Lipinski definition) is 2. The van der Waals surface area contributed by atoms with Crippen LogP contribution in [0.1, 0.15) is 31.2 Å². The van der Waals surface area contributed by atoms with Crippen molar-refractivity contribution in [3.05, 3.63) is 29.8 Å². The molecule has 21 heavy (non-hydrogen) atoms. The van der Waals surface area contributed by atoms with Gasteiger partial charge in [-0.3, -0.25) is 14.9 Å². The minimum atomic E-state index is -0.600. The van der Waals surface area contributed by atoms with E-state index in [0.717, 1.165) is 5.69 Å². The van der Waals surface area contributed by atoms with Crippen LogP contribution in [0.2, 0.25) is 0 Å². The fourth-order valence-corrected chi connectivity index (χ4v) is 2.92. The highest BCUT2D eigenvalue weighted by molar-refractivity contribution is 6.04. The molecule has 0 bridgehead atoms. The van der Waals surface area contributed by atoms with Crippen LogP contribution >= 0.6 is 0 Å². The monoisotopic (exact) mass is 287 g/mol. The SMILES string of the molecule is C[C@H]1CN(C(=O)CC[C@@H]2NC(=O)NC2=O)c2ccccc21. The first-order valence-electron chi connectivity index (χ1n) is 7.07. The van der Waals surface area contributed by atoms with Crippen LogP contribution in [0, 0.1) is 0 Å². The molecule has 2 aliphatic heterocycles. The molecule has 4 amide bonds. The highest BCUT2D eigenvalue weighted by Gasteiger charge is 2.32. The van der Waals surface area contributed by atoms with Crippen LogP contribution in [0.3, 0.4) is 0 Å². The van der Waals surface area contributed by atoms with Crippen LogP contribution in [0.5, 0.6) is 0 Å². The molecule has 0 unspecified atom stereocenters. The van der Waals surface area contributed by atoms with Crippen LogP contribution in [0.15, 0.2) is 24.3 Å². The number of hydrogen-bond acceptors (Lipinski definition) is 3. The molecule has 0 aliphatic carbocycles.